The molecular formula is C16H26BrN3. The third kappa shape index (κ3) is 4.21. The minimum atomic E-state index is 0.944. The molecule has 0 aromatic heterocycles. The molecule has 4 heteroatoms. The van der Waals surface area contributed by atoms with Gasteiger partial charge in [0.25, 0.3) is 0 Å². The summed E-state index contributed by atoms with van der Waals surface area (Å²) in [5, 5.41) is 3.37. The molecule has 20 heavy (non-hydrogen) atoms. The Hall–Kier alpha value is -0.580. The number of rotatable bonds is 6. The lowest BCUT2D eigenvalue weighted by Crippen LogP contribution is -2.46. The van der Waals surface area contributed by atoms with Crippen LogP contribution in [0.25, 0.3) is 0 Å². The molecule has 112 valence electrons. The van der Waals surface area contributed by atoms with Crippen molar-refractivity contribution in [3.05, 3.63) is 28.2 Å². The lowest BCUT2D eigenvalue weighted by atomic mass is 10.1. The number of nitrogens with zero attached hydrogens (tertiary/aromatic N) is 2. The monoisotopic (exact) mass is 339 g/mol. The molecule has 3 nitrogen and oxygen atoms in total. The first kappa shape index (κ1) is 15.8. The molecule has 2 rings (SSSR count). The number of hydrogen-bond donors (Lipinski definition) is 1. The maximum atomic E-state index is 3.74. The van der Waals surface area contributed by atoms with Gasteiger partial charge in [0.1, 0.15) is 0 Å². The first-order chi connectivity index (χ1) is 9.74. The summed E-state index contributed by atoms with van der Waals surface area (Å²) in [5.74, 6) is 0. The van der Waals surface area contributed by atoms with Crippen molar-refractivity contribution in [3.63, 3.8) is 0 Å². The number of nitrogens with one attached hydrogen (secondary N) is 1. The van der Waals surface area contributed by atoms with Crippen molar-refractivity contribution < 1.29 is 0 Å². The van der Waals surface area contributed by atoms with Crippen molar-refractivity contribution in [2.45, 2.75) is 26.8 Å². The fourth-order valence-corrected chi connectivity index (χ4v) is 3.39. The van der Waals surface area contributed by atoms with Gasteiger partial charge in [-0.15, -0.1) is 0 Å². The zero-order chi connectivity index (χ0) is 14.4. The predicted octanol–water partition coefficient (Wildman–Crippen LogP) is 3.09. The molecule has 1 aliphatic rings. The fraction of sp³-hybridized carbons (Fsp3) is 0.625. The lowest BCUT2D eigenvalue weighted by molar-refractivity contribution is 0.258. The van der Waals surface area contributed by atoms with Crippen LogP contribution in [-0.4, -0.2) is 44.2 Å². The van der Waals surface area contributed by atoms with E-state index >= 15 is 0 Å². The van der Waals surface area contributed by atoms with Crippen molar-refractivity contribution in [2.75, 3.05) is 44.2 Å². The van der Waals surface area contributed by atoms with Gasteiger partial charge in [0, 0.05) is 37.2 Å². The quantitative estimate of drug-likeness (QED) is 0.859. The molecule has 1 saturated heterocycles. The summed E-state index contributed by atoms with van der Waals surface area (Å²) in [5.41, 5.74) is 2.67. The first-order valence-electron chi connectivity index (χ1n) is 7.71. The minimum absolute atomic E-state index is 0.944. The highest BCUT2D eigenvalue weighted by atomic mass is 79.9. The van der Waals surface area contributed by atoms with Crippen molar-refractivity contribution in [1.82, 2.24) is 10.2 Å². The van der Waals surface area contributed by atoms with E-state index in [9.17, 15) is 0 Å². The summed E-state index contributed by atoms with van der Waals surface area (Å²) in [6.45, 7) is 12.2. The van der Waals surface area contributed by atoms with Crippen LogP contribution in [0, 0.1) is 0 Å². The lowest BCUT2D eigenvalue weighted by Gasteiger charge is -2.36. The third-order valence-electron chi connectivity index (χ3n) is 3.84. The van der Waals surface area contributed by atoms with E-state index in [0.29, 0.717) is 0 Å². The van der Waals surface area contributed by atoms with Gasteiger partial charge in [0.15, 0.2) is 0 Å². The van der Waals surface area contributed by atoms with Crippen LogP contribution in [0.1, 0.15) is 25.8 Å². The Balaban J connectivity index is 1.96. The summed E-state index contributed by atoms with van der Waals surface area (Å²) in [4.78, 5) is 5.05. The highest BCUT2D eigenvalue weighted by molar-refractivity contribution is 9.10. The molecule has 0 radical (unpaired) electrons. The smallest absolute Gasteiger partial charge is 0.0511 e. The van der Waals surface area contributed by atoms with E-state index in [1.54, 1.807) is 0 Å². The molecule has 0 atom stereocenters. The second-order valence-electron chi connectivity index (χ2n) is 5.39. The van der Waals surface area contributed by atoms with Gasteiger partial charge >= 0.3 is 0 Å². The van der Waals surface area contributed by atoms with E-state index in [1.165, 1.54) is 41.8 Å². The van der Waals surface area contributed by atoms with Crippen LogP contribution < -0.4 is 10.2 Å². The molecule has 1 fully saturated rings. The molecule has 1 aromatic rings. The maximum Gasteiger partial charge on any atom is 0.0511 e. The van der Waals surface area contributed by atoms with E-state index in [2.05, 4.69) is 63.1 Å². The van der Waals surface area contributed by atoms with Crippen LogP contribution in [0.3, 0.4) is 0 Å². The van der Waals surface area contributed by atoms with Gasteiger partial charge in [-0.25, -0.2) is 0 Å². The van der Waals surface area contributed by atoms with Gasteiger partial charge in [0.05, 0.1) is 5.69 Å². The Morgan fingerprint density at radius 1 is 1.15 bits per heavy atom. The minimum Gasteiger partial charge on any atom is -0.368 e. The zero-order valence-electron chi connectivity index (χ0n) is 12.7. The largest absolute Gasteiger partial charge is 0.368 e. The molecule has 0 saturated carbocycles. The van der Waals surface area contributed by atoms with Gasteiger partial charge in [-0.2, -0.15) is 0 Å². The molecular weight excluding hydrogens is 314 g/mol. The van der Waals surface area contributed by atoms with Gasteiger partial charge < -0.3 is 10.2 Å². The van der Waals surface area contributed by atoms with E-state index < -0.39 is 0 Å². The third-order valence-corrected chi connectivity index (χ3v) is 4.48. The summed E-state index contributed by atoms with van der Waals surface area (Å²) >= 11 is 3.74. The average Bonchev–Trinajstić information content (AvgIpc) is 2.47. The fourth-order valence-electron chi connectivity index (χ4n) is 2.71. The Morgan fingerprint density at radius 2 is 1.90 bits per heavy atom. The summed E-state index contributed by atoms with van der Waals surface area (Å²) in [7, 11) is 0. The topological polar surface area (TPSA) is 18.5 Å². The number of piperazine rings is 1. The summed E-state index contributed by atoms with van der Waals surface area (Å²) < 4.78 is 1.22. The van der Waals surface area contributed by atoms with E-state index in [4.69, 9.17) is 0 Å². The first-order valence-corrected chi connectivity index (χ1v) is 8.50. The molecule has 1 aromatic carbocycles. The standard InChI is InChI=1S/C16H26BrN3/c1-3-7-19-8-10-20(11-9-19)16-6-5-14(12-15(16)17)13-18-4-2/h5-6,12,18H,3-4,7-11,13H2,1-2H3. The van der Waals surface area contributed by atoms with Crippen LogP contribution >= 0.6 is 15.9 Å². The summed E-state index contributed by atoms with van der Waals surface area (Å²) in [6.07, 6.45) is 1.25. The van der Waals surface area contributed by atoms with Gasteiger partial charge in [0.2, 0.25) is 0 Å². The molecule has 1 N–H and O–H groups in total. The highest BCUT2D eigenvalue weighted by Crippen LogP contribution is 2.28. The summed E-state index contributed by atoms with van der Waals surface area (Å²) in [6, 6.07) is 6.74. The second-order valence-corrected chi connectivity index (χ2v) is 6.25. The van der Waals surface area contributed by atoms with Crippen LogP contribution in [0.2, 0.25) is 0 Å². The molecule has 0 amide bonds. The Labute approximate surface area is 131 Å². The van der Waals surface area contributed by atoms with E-state index in [0.717, 1.165) is 26.2 Å². The average molecular weight is 340 g/mol. The van der Waals surface area contributed by atoms with Gasteiger partial charge in [-0.3, -0.25) is 4.90 Å². The SMILES string of the molecule is CCCN1CCN(c2ccc(CNCC)cc2Br)CC1. The van der Waals surface area contributed by atoms with Crippen molar-refractivity contribution in [3.8, 4) is 0 Å². The zero-order valence-corrected chi connectivity index (χ0v) is 14.2. The van der Waals surface area contributed by atoms with Gasteiger partial charge in [-0.05, 0) is 53.1 Å². The normalized spacial score (nSPS) is 16.6. The molecule has 0 bridgehead atoms. The molecule has 0 spiro atoms. The number of halogens is 1. The highest BCUT2D eigenvalue weighted by Gasteiger charge is 2.18. The van der Waals surface area contributed by atoms with Crippen molar-refractivity contribution in [2.24, 2.45) is 0 Å². The van der Waals surface area contributed by atoms with E-state index in [1.807, 2.05) is 0 Å². The van der Waals surface area contributed by atoms with Crippen LogP contribution in [0.15, 0.2) is 22.7 Å². The number of benzene rings is 1. The Morgan fingerprint density at radius 3 is 2.50 bits per heavy atom. The molecule has 1 heterocycles. The maximum absolute atomic E-state index is 3.74. The second kappa shape index (κ2) is 8.01. The molecule has 1 aliphatic heterocycles. The van der Waals surface area contributed by atoms with Crippen molar-refractivity contribution >= 4 is 21.6 Å². The Kier molecular flexibility index (Phi) is 6.33. The predicted molar refractivity (Wildman–Crippen MR) is 90.5 cm³/mol. The number of anilines is 1. The van der Waals surface area contributed by atoms with Crippen LogP contribution in [0.4, 0.5) is 5.69 Å². The molecule has 0 aliphatic carbocycles. The Bertz CT molecular complexity index is 414. The van der Waals surface area contributed by atoms with Gasteiger partial charge in [-0.1, -0.05) is 19.9 Å². The number of hydrogen-bond acceptors (Lipinski definition) is 3. The van der Waals surface area contributed by atoms with Crippen molar-refractivity contribution in [1.29, 1.82) is 0 Å². The van der Waals surface area contributed by atoms with Crippen LogP contribution in [-0.2, 0) is 6.54 Å². The van der Waals surface area contributed by atoms with E-state index in [-0.39, 0.29) is 0 Å². The molecule has 0 unspecified atom stereocenters. The van der Waals surface area contributed by atoms with Crippen LogP contribution in [0.5, 0.6) is 0 Å².